The molecule has 2 heterocycles. The second-order valence-electron chi connectivity index (χ2n) is 20.0. The van der Waals surface area contributed by atoms with Crippen molar-refractivity contribution in [2.75, 3.05) is 13.2 Å². The highest BCUT2D eigenvalue weighted by molar-refractivity contribution is 6.74. The van der Waals surface area contributed by atoms with Crippen molar-refractivity contribution >= 4 is 26.2 Å². The Bertz CT molecular complexity index is 2690. The van der Waals surface area contributed by atoms with Crippen LogP contribution in [0.3, 0.4) is 0 Å². The van der Waals surface area contributed by atoms with Gasteiger partial charge < -0.3 is 52.2 Å². The first-order chi connectivity index (χ1) is 36.2. The largest absolute Gasteiger partial charge is 0.452 e. The van der Waals surface area contributed by atoms with E-state index in [0.717, 1.165) is 16.7 Å². The summed E-state index contributed by atoms with van der Waals surface area (Å²) in [6, 6.07) is 53.7. The van der Waals surface area contributed by atoms with Crippen LogP contribution in [0.5, 0.6) is 0 Å². The molecule has 0 unspecified atom stereocenters. The Labute approximate surface area is 439 Å². The third-order valence-electron chi connectivity index (χ3n) is 13.7. The summed E-state index contributed by atoms with van der Waals surface area (Å²) in [6.07, 6.45) is -12.9. The van der Waals surface area contributed by atoms with Gasteiger partial charge in [-0.25, -0.2) is 14.4 Å². The molecule has 394 valence electrons. The van der Waals surface area contributed by atoms with Crippen molar-refractivity contribution in [2.24, 2.45) is 0 Å². The topological polar surface area (TPSA) is 164 Å². The van der Waals surface area contributed by atoms with Gasteiger partial charge in [0.25, 0.3) is 0 Å². The summed E-state index contributed by atoms with van der Waals surface area (Å²) in [4.78, 5) is 42.8. The fraction of sp³-hybridized carbons (Fsp3) is 0.350. The minimum Gasteiger partial charge on any atom is -0.452 e. The lowest BCUT2D eigenvalue weighted by atomic mass is 9.97. The molecule has 0 aromatic heterocycles. The fourth-order valence-electron chi connectivity index (χ4n) is 8.44. The molecule has 10 atom stereocenters. The zero-order chi connectivity index (χ0) is 52.8. The van der Waals surface area contributed by atoms with Crippen LogP contribution >= 0.6 is 0 Å². The van der Waals surface area contributed by atoms with Gasteiger partial charge in [0.15, 0.2) is 39.2 Å². The first-order valence-corrected chi connectivity index (χ1v) is 28.1. The maximum atomic E-state index is 14.3. The quantitative estimate of drug-likeness (QED) is 0.0412. The number of ether oxygens (including phenoxy) is 9. The molecule has 1 N–H and O–H groups in total. The maximum absolute atomic E-state index is 14.3. The zero-order valence-corrected chi connectivity index (χ0v) is 43.9. The number of carbonyl (C=O) groups is 3. The van der Waals surface area contributed by atoms with Crippen LogP contribution in [-0.2, 0) is 66.9 Å². The van der Waals surface area contributed by atoms with Crippen LogP contribution in [-0.4, -0.2) is 106 Å². The molecule has 2 fully saturated rings. The van der Waals surface area contributed by atoms with Gasteiger partial charge in [0.2, 0.25) is 0 Å². The summed E-state index contributed by atoms with van der Waals surface area (Å²) in [6.45, 7) is 10.3. The van der Waals surface area contributed by atoms with E-state index in [4.69, 9.17) is 47.1 Å². The van der Waals surface area contributed by atoms with Crippen LogP contribution in [0, 0.1) is 0 Å². The minimum absolute atomic E-state index is 0.119. The molecule has 0 radical (unpaired) electrons. The van der Waals surface area contributed by atoms with Crippen LogP contribution in [0.2, 0.25) is 18.1 Å². The molecule has 6 aromatic carbocycles. The molecule has 0 saturated carbocycles. The smallest absolute Gasteiger partial charge is 0.338 e. The fourth-order valence-corrected chi connectivity index (χ4v) is 9.45. The Hall–Kier alpha value is -6.37. The standard InChI is InChI=1S/C60H66O14Si/c1-60(2,3)75(4,5)69-40-48-50(72-55(61)44-30-18-9-19-31-44)52(73-56(62)45-32-20-10-21-33-45)54(74-57(63)46-34-22-11-23-35-46)59(71-48)68-39-47-49(65-36-41-24-12-6-13-25-41)51(66-37-42-26-14-7-15-27-42)53(58(64)70-47)67-38-43-28-16-8-17-29-43/h6-35,47-54,58-59,64H,36-40H2,1-5H3/t47-,48-,49+,50-,51+,52+,53-,54-,58-,59-/m1/s1. The number of hydrogen-bond donors (Lipinski definition) is 1. The lowest BCUT2D eigenvalue weighted by Gasteiger charge is -2.47. The molecule has 0 amide bonds. The average molecular weight is 1040 g/mol. The number of carbonyl (C=O) groups excluding carboxylic acids is 3. The van der Waals surface area contributed by atoms with E-state index in [9.17, 15) is 19.5 Å². The molecule has 2 saturated heterocycles. The van der Waals surface area contributed by atoms with Gasteiger partial charge in [-0.3, -0.25) is 0 Å². The molecule has 14 nitrogen and oxygen atoms in total. The number of hydrogen-bond acceptors (Lipinski definition) is 14. The predicted octanol–water partition coefficient (Wildman–Crippen LogP) is 9.90. The van der Waals surface area contributed by atoms with E-state index >= 15 is 0 Å². The number of benzene rings is 6. The van der Waals surface area contributed by atoms with E-state index in [1.165, 1.54) is 0 Å². The van der Waals surface area contributed by atoms with E-state index in [2.05, 4.69) is 33.9 Å². The molecule has 0 bridgehead atoms. The molecule has 0 spiro atoms. The van der Waals surface area contributed by atoms with E-state index in [0.29, 0.717) is 0 Å². The summed E-state index contributed by atoms with van der Waals surface area (Å²) >= 11 is 0. The number of aliphatic hydroxyl groups is 1. The van der Waals surface area contributed by atoms with Crippen LogP contribution in [0.25, 0.3) is 0 Å². The van der Waals surface area contributed by atoms with Gasteiger partial charge in [0.1, 0.15) is 30.5 Å². The first kappa shape index (κ1) is 54.9. The highest BCUT2D eigenvalue weighted by atomic mass is 28.4. The molecule has 0 aliphatic carbocycles. The molecule has 8 rings (SSSR count). The summed E-state index contributed by atoms with van der Waals surface area (Å²) < 4.78 is 65.9. The van der Waals surface area contributed by atoms with E-state index < -0.39 is 87.6 Å². The van der Waals surface area contributed by atoms with E-state index in [-0.39, 0.29) is 54.8 Å². The summed E-state index contributed by atoms with van der Waals surface area (Å²) in [7, 11) is -2.56. The monoisotopic (exact) mass is 1040 g/mol. The molecule has 2 aliphatic heterocycles. The van der Waals surface area contributed by atoms with Crippen molar-refractivity contribution in [1.82, 2.24) is 0 Å². The van der Waals surface area contributed by atoms with E-state index in [1.807, 2.05) is 91.0 Å². The average Bonchev–Trinajstić information content (AvgIpc) is 3.43. The number of esters is 3. The van der Waals surface area contributed by atoms with Gasteiger partial charge in [0.05, 0.1) is 49.7 Å². The highest BCUT2D eigenvalue weighted by Gasteiger charge is 2.55. The van der Waals surface area contributed by atoms with Crippen molar-refractivity contribution in [1.29, 1.82) is 0 Å². The normalized spacial score (nSPS) is 23.9. The third-order valence-corrected chi connectivity index (χ3v) is 18.2. The molecule has 6 aromatic rings. The van der Waals surface area contributed by atoms with Gasteiger partial charge in [-0.15, -0.1) is 0 Å². The van der Waals surface area contributed by atoms with Crippen LogP contribution < -0.4 is 0 Å². The number of aliphatic hydroxyl groups excluding tert-OH is 1. The molecular formula is C60H66O14Si. The van der Waals surface area contributed by atoms with Crippen molar-refractivity contribution in [3.8, 4) is 0 Å². The minimum atomic E-state index is -2.56. The Morgan fingerprint density at radius 1 is 0.440 bits per heavy atom. The summed E-state index contributed by atoms with van der Waals surface area (Å²) in [5, 5.41) is 11.7. The van der Waals surface area contributed by atoms with Gasteiger partial charge in [0, 0.05) is 0 Å². The van der Waals surface area contributed by atoms with Crippen molar-refractivity contribution < 1.29 is 66.5 Å². The summed E-state index contributed by atoms with van der Waals surface area (Å²) in [5.74, 6) is -2.34. The van der Waals surface area contributed by atoms with Crippen molar-refractivity contribution in [3.05, 3.63) is 215 Å². The van der Waals surface area contributed by atoms with Gasteiger partial charge in [-0.1, -0.05) is 166 Å². The van der Waals surface area contributed by atoms with Crippen LogP contribution in [0.15, 0.2) is 182 Å². The third kappa shape index (κ3) is 14.7. The molecule has 75 heavy (non-hydrogen) atoms. The highest BCUT2D eigenvalue weighted by Crippen LogP contribution is 2.39. The van der Waals surface area contributed by atoms with E-state index in [1.54, 1.807) is 91.0 Å². The lowest BCUT2D eigenvalue weighted by Crippen LogP contribution is -2.65. The molecule has 2 aliphatic rings. The zero-order valence-electron chi connectivity index (χ0n) is 42.9. The predicted molar refractivity (Wildman–Crippen MR) is 281 cm³/mol. The Kier molecular flexibility index (Phi) is 19.0. The maximum Gasteiger partial charge on any atom is 0.338 e. The molecule has 15 heteroatoms. The van der Waals surface area contributed by atoms with Crippen LogP contribution in [0.1, 0.15) is 68.5 Å². The van der Waals surface area contributed by atoms with Gasteiger partial charge in [-0.05, 0) is 71.2 Å². The first-order valence-electron chi connectivity index (χ1n) is 25.2. The lowest BCUT2D eigenvalue weighted by molar-refractivity contribution is -0.337. The Morgan fingerprint density at radius 3 is 1.23 bits per heavy atom. The van der Waals surface area contributed by atoms with Gasteiger partial charge >= 0.3 is 17.9 Å². The number of rotatable bonds is 21. The second-order valence-corrected chi connectivity index (χ2v) is 24.8. The van der Waals surface area contributed by atoms with Gasteiger partial charge in [-0.2, -0.15) is 0 Å². The van der Waals surface area contributed by atoms with Crippen molar-refractivity contribution in [2.45, 2.75) is 120 Å². The van der Waals surface area contributed by atoms with Crippen molar-refractivity contribution in [3.63, 3.8) is 0 Å². The second kappa shape index (κ2) is 25.9. The Morgan fingerprint density at radius 2 is 0.800 bits per heavy atom. The molecular weight excluding hydrogens is 973 g/mol. The van der Waals surface area contributed by atoms with Crippen LogP contribution in [0.4, 0.5) is 0 Å². The summed E-state index contributed by atoms with van der Waals surface area (Å²) in [5.41, 5.74) is 3.18. The SMILES string of the molecule is CC(C)(C)[Si](C)(C)OC[C@H]1O[C@@H](OC[C@H]2O[C@@H](O)[C@H](OCc3ccccc3)[C@@H](OCc3ccccc3)[C@H]2OCc2ccccc2)[C@H](OC(=O)c2ccccc2)[C@@H](OC(=O)c2ccccc2)[C@@H]1OC(=O)c1ccccc1. The Balaban J connectivity index is 1.18.